The SMILES string of the molecule is FC(F)(F)c1cccc(-c2ccc3c(n2)NCCCO3)c1.O=C(Nc1ccncc1)N1CCCOc2ccc(-c3cccc(C(F)(F)F)c3)nc21. The minimum atomic E-state index is -4.46. The second-order valence-corrected chi connectivity index (χ2v) is 11.4. The quantitative estimate of drug-likeness (QED) is 0.181. The number of carbonyl (C=O) groups is 1. The van der Waals surface area contributed by atoms with Gasteiger partial charge < -0.3 is 20.1 Å². The van der Waals surface area contributed by atoms with Crippen molar-refractivity contribution in [2.75, 3.05) is 41.8 Å². The van der Waals surface area contributed by atoms with Crippen LogP contribution in [0.3, 0.4) is 0 Å². The van der Waals surface area contributed by atoms with Gasteiger partial charge in [0.1, 0.15) is 0 Å². The molecule has 0 bridgehead atoms. The average Bonchev–Trinajstić information content (AvgIpc) is 3.50. The number of hydrogen-bond acceptors (Lipinski definition) is 7. The van der Waals surface area contributed by atoms with Gasteiger partial charge in [-0.1, -0.05) is 24.3 Å². The van der Waals surface area contributed by atoms with Gasteiger partial charge in [-0.05, 0) is 73.5 Å². The molecule has 0 saturated heterocycles. The van der Waals surface area contributed by atoms with Gasteiger partial charge in [0, 0.05) is 42.3 Å². The van der Waals surface area contributed by atoms with Gasteiger partial charge in [-0.3, -0.25) is 9.88 Å². The molecule has 0 aliphatic carbocycles. The number of nitrogens with one attached hydrogen (secondary N) is 2. The molecule has 0 saturated carbocycles. The summed E-state index contributed by atoms with van der Waals surface area (Å²) in [4.78, 5) is 27.0. The summed E-state index contributed by atoms with van der Waals surface area (Å²) in [5.41, 5.74) is 0.645. The first kappa shape index (κ1) is 35.0. The summed E-state index contributed by atoms with van der Waals surface area (Å²) < 4.78 is 88.7. The van der Waals surface area contributed by atoms with Crippen molar-refractivity contribution in [1.29, 1.82) is 0 Å². The number of nitrogens with zero attached hydrogens (tertiary/aromatic N) is 4. The monoisotopic (exact) mass is 708 g/mol. The van der Waals surface area contributed by atoms with Crippen molar-refractivity contribution in [2.45, 2.75) is 25.2 Å². The predicted octanol–water partition coefficient (Wildman–Crippen LogP) is 8.95. The number of fused-ring (bicyclic) bond motifs is 2. The summed E-state index contributed by atoms with van der Waals surface area (Å²) in [6.07, 6.45) is -4.27. The maximum atomic E-state index is 13.1. The van der Waals surface area contributed by atoms with E-state index in [9.17, 15) is 31.1 Å². The van der Waals surface area contributed by atoms with E-state index < -0.39 is 29.5 Å². The Balaban J connectivity index is 0.000000187. The van der Waals surface area contributed by atoms with Gasteiger partial charge in [-0.15, -0.1) is 0 Å². The molecule has 7 rings (SSSR count). The third-order valence-corrected chi connectivity index (χ3v) is 7.76. The van der Waals surface area contributed by atoms with E-state index in [-0.39, 0.29) is 5.82 Å². The molecule has 2 N–H and O–H groups in total. The van der Waals surface area contributed by atoms with Crippen LogP contribution in [-0.2, 0) is 12.4 Å². The molecule has 5 heterocycles. The molecule has 0 atom stereocenters. The number of amides is 2. The van der Waals surface area contributed by atoms with Crippen molar-refractivity contribution in [3.63, 3.8) is 0 Å². The number of pyridine rings is 3. The molecule has 15 heteroatoms. The molecule has 5 aromatic rings. The Kier molecular flexibility index (Phi) is 10.3. The molecule has 9 nitrogen and oxygen atoms in total. The van der Waals surface area contributed by atoms with Crippen LogP contribution >= 0.6 is 0 Å². The second kappa shape index (κ2) is 14.9. The third kappa shape index (κ3) is 8.66. The molecular formula is C36H30F6N6O3. The van der Waals surface area contributed by atoms with Crippen LogP contribution in [0.25, 0.3) is 22.5 Å². The van der Waals surface area contributed by atoms with E-state index in [4.69, 9.17) is 9.47 Å². The van der Waals surface area contributed by atoms with Crippen molar-refractivity contribution in [3.8, 4) is 34.0 Å². The van der Waals surface area contributed by atoms with Crippen molar-refractivity contribution < 1.29 is 40.6 Å². The molecule has 2 aliphatic rings. The molecule has 0 radical (unpaired) electrons. The standard InChI is InChI=1S/C21H17F3N4O2.C15H13F3N2O/c22-21(23,24)15-4-1-3-14(13-15)17-5-6-18-19(27-17)28(11-2-12-30-18)20(29)26-16-7-9-25-10-8-16;16-15(17,18)11-4-1-3-10(9-11)12-5-6-13-14(20-12)19-7-2-8-21-13/h1,3-10,13H,2,11-12H2,(H,25,26,29);1,3-6,9H,2,7-8H2,(H,19,20). The van der Waals surface area contributed by atoms with Gasteiger partial charge in [-0.2, -0.15) is 26.3 Å². The zero-order valence-electron chi connectivity index (χ0n) is 26.8. The molecule has 0 unspecified atom stereocenters. The van der Waals surface area contributed by atoms with Crippen molar-refractivity contribution in [1.82, 2.24) is 15.0 Å². The van der Waals surface area contributed by atoms with Gasteiger partial charge in [0.15, 0.2) is 23.1 Å². The highest BCUT2D eigenvalue weighted by Gasteiger charge is 2.32. The minimum Gasteiger partial charge on any atom is -0.490 e. The van der Waals surface area contributed by atoms with Gasteiger partial charge in [0.2, 0.25) is 0 Å². The number of rotatable bonds is 3. The Morgan fingerprint density at radius 2 is 1.31 bits per heavy atom. The maximum absolute atomic E-state index is 13.1. The predicted molar refractivity (Wildman–Crippen MR) is 179 cm³/mol. The smallest absolute Gasteiger partial charge is 0.416 e. The first-order chi connectivity index (χ1) is 24.5. The van der Waals surface area contributed by atoms with E-state index in [1.807, 2.05) is 0 Å². The summed E-state index contributed by atoms with van der Waals surface area (Å²) in [6.45, 7) is 2.08. The highest BCUT2D eigenvalue weighted by Crippen LogP contribution is 2.36. The van der Waals surface area contributed by atoms with Crippen molar-refractivity contribution in [3.05, 3.63) is 108 Å². The fourth-order valence-electron chi connectivity index (χ4n) is 5.26. The van der Waals surface area contributed by atoms with Gasteiger partial charge in [-0.25, -0.2) is 14.8 Å². The van der Waals surface area contributed by atoms with Crippen LogP contribution in [0, 0.1) is 0 Å². The highest BCUT2D eigenvalue weighted by molar-refractivity contribution is 6.02. The van der Waals surface area contributed by atoms with Crippen LogP contribution in [0.1, 0.15) is 24.0 Å². The molecule has 51 heavy (non-hydrogen) atoms. The highest BCUT2D eigenvalue weighted by atomic mass is 19.4. The van der Waals surface area contributed by atoms with Gasteiger partial charge in [0.05, 0.1) is 35.7 Å². The number of anilines is 3. The third-order valence-electron chi connectivity index (χ3n) is 7.76. The molecule has 264 valence electrons. The second-order valence-electron chi connectivity index (χ2n) is 11.4. The number of aromatic nitrogens is 3. The fourth-order valence-corrected chi connectivity index (χ4v) is 5.26. The lowest BCUT2D eigenvalue weighted by Gasteiger charge is -2.21. The number of halogens is 6. The number of benzene rings is 2. The Hall–Kier alpha value is -5.86. The van der Waals surface area contributed by atoms with E-state index in [0.29, 0.717) is 71.7 Å². The van der Waals surface area contributed by atoms with E-state index in [2.05, 4.69) is 25.6 Å². The van der Waals surface area contributed by atoms with E-state index in [0.717, 1.165) is 37.2 Å². The average molecular weight is 709 g/mol. The van der Waals surface area contributed by atoms with Crippen LogP contribution in [0.5, 0.6) is 11.5 Å². The van der Waals surface area contributed by atoms with E-state index in [1.54, 1.807) is 60.9 Å². The number of urea groups is 1. The zero-order valence-corrected chi connectivity index (χ0v) is 26.8. The van der Waals surface area contributed by atoms with Crippen LogP contribution in [0.15, 0.2) is 97.3 Å². The molecule has 2 amide bonds. The molecule has 2 aromatic carbocycles. The fraction of sp³-hybridized carbons (Fsp3) is 0.222. The molecule has 0 fully saturated rings. The van der Waals surface area contributed by atoms with Crippen molar-refractivity contribution in [2.24, 2.45) is 0 Å². The van der Waals surface area contributed by atoms with Crippen LogP contribution in [0.2, 0.25) is 0 Å². The Labute approximate surface area is 288 Å². The maximum Gasteiger partial charge on any atom is 0.416 e. The summed E-state index contributed by atoms with van der Waals surface area (Å²) in [5.74, 6) is 1.85. The summed E-state index contributed by atoms with van der Waals surface area (Å²) >= 11 is 0. The molecule has 2 aliphatic heterocycles. The summed E-state index contributed by atoms with van der Waals surface area (Å²) in [7, 11) is 0. The zero-order chi connectivity index (χ0) is 36.0. The normalized spacial score (nSPS) is 14.1. The van der Waals surface area contributed by atoms with E-state index >= 15 is 0 Å². The molecule has 0 spiro atoms. The Morgan fingerprint density at radius 3 is 1.96 bits per heavy atom. The lowest BCUT2D eigenvalue weighted by atomic mass is 10.1. The number of hydrogen-bond donors (Lipinski definition) is 2. The van der Waals surface area contributed by atoms with E-state index in [1.165, 1.54) is 17.0 Å². The largest absolute Gasteiger partial charge is 0.490 e. The number of alkyl halides is 6. The topological polar surface area (TPSA) is 102 Å². The number of ether oxygens (including phenoxy) is 2. The molecular weight excluding hydrogens is 678 g/mol. The first-order valence-electron chi connectivity index (χ1n) is 15.8. The minimum absolute atomic E-state index is 0.258. The summed E-state index contributed by atoms with van der Waals surface area (Å²) in [5, 5.41) is 5.89. The van der Waals surface area contributed by atoms with Crippen molar-refractivity contribution >= 4 is 23.4 Å². The number of carbonyl (C=O) groups excluding carboxylic acids is 1. The van der Waals surface area contributed by atoms with Gasteiger partial charge >= 0.3 is 18.4 Å². The lowest BCUT2D eigenvalue weighted by molar-refractivity contribution is -0.138. The van der Waals surface area contributed by atoms with Crippen LogP contribution in [0.4, 0.5) is 48.5 Å². The van der Waals surface area contributed by atoms with Crippen LogP contribution in [-0.4, -0.2) is 47.3 Å². The van der Waals surface area contributed by atoms with Crippen LogP contribution < -0.4 is 25.0 Å². The first-order valence-corrected chi connectivity index (χ1v) is 15.8. The molecule has 3 aromatic heterocycles. The van der Waals surface area contributed by atoms with Gasteiger partial charge in [0.25, 0.3) is 0 Å². The summed E-state index contributed by atoms with van der Waals surface area (Å²) in [6, 6.07) is 19.6. The Morgan fingerprint density at radius 1 is 0.725 bits per heavy atom. The lowest BCUT2D eigenvalue weighted by Crippen LogP contribution is -2.36. The Bertz CT molecular complexity index is 1990.